The number of hydrogen-bond donors (Lipinski definition) is 0. The van der Waals surface area contributed by atoms with Gasteiger partial charge in [0.1, 0.15) is 0 Å². The summed E-state index contributed by atoms with van der Waals surface area (Å²) in [7, 11) is -0.927. The number of alkyl halides is 1. The van der Waals surface area contributed by atoms with E-state index in [1.165, 1.54) is 12.1 Å². The minimum atomic E-state index is -0.927. The van der Waals surface area contributed by atoms with Gasteiger partial charge < -0.3 is 0 Å². The zero-order valence-corrected chi connectivity index (χ0v) is 8.75. The van der Waals surface area contributed by atoms with E-state index in [0.717, 1.165) is 12.3 Å². The quantitative estimate of drug-likeness (QED) is 0.342. The second kappa shape index (κ2) is 4.97. The Bertz CT molecular complexity index is 99.4. The molecule has 0 saturated carbocycles. The first kappa shape index (κ1) is 10.2. The van der Waals surface area contributed by atoms with Crippen molar-refractivity contribution in [2.24, 2.45) is 0 Å². The van der Waals surface area contributed by atoms with E-state index in [1.807, 2.05) is 6.08 Å². The van der Waals surface area contributed by atoms with E-state index in [2.05, 4.69) is 19.7 Å². The molecular weight excluding hydrogens is 160 g/mol. The van der Waals surface area contributed by atoms with Crippen molar-refractivity contribution in [1.82, 2.24) is 0 Å². The van der Waals surface area contributed by atoms with Crippen molar-refractivity contribution in [1.29, 1.82) is 0 Å². The van der Waals surface area contributed by atoms with Gasteiger partial charge in [0.2, 0.25) is 0 Å². The van der Waals surface area contributed by atoms with Crippen molar-refractivity contribution in [3.8, 4) is 0 Å². The lowest BCUT2D eigenvalue weighted by molar-refractivity contribution is 1.13. The van der Waals surface area contributed by atoms with E-state index in [9.17, 15) is 0 Å². The summed E-state index contributed by atoms with van der Waals surface area (Å²) in [6, 6.07) is 2.58. The summed E-state index contributed by atoms with van der Waals surface area (Å²) in [4.78, 5) is 0. The highest BCUT2D eigenvalue weighted by Crippen LogP contribution is 2.17. The molecule has 0 spiro atoms. The standard InChI is InChI=1S/C8H17ClSi/c1-4-5-7-10(2,3)8-6-9/h4H,1,5-8H2,2-3H3. The van der Waals surface area contributed by atoms with Crippen LogP contribution in [0.25, 0.3) is 0 Å². The SMILES string of the molecule is C=CCC[Si](C)(C)CCCl. The van der Waals surface area contributed by atoms with E-state index in [-0.39, 0.29) is 0 Å². The minimum absolute atomic E-state index is 0.830. The topological polar surface area (TPSA) is 0 Å². The molecule has 0 aromatic carbocycles. The maximum atomic E-state index is 5.67. The highest BCUT2D eigenvalue weighted by Gasteiger charge is 2.17. The summed E-state index contributed by atoms with van der Waals surface area (Å²) < 4.78 is 0. The largest absolute Gasteiger partial charge is 0.127 e. The van der Waals surface area contributed by atoms with Crippen LogP contribution in [0.5, 0.6) is 0 Å². The predicted molar refractivity (Wildman–Crippen MR) is 52.6 cm³/mol. The Balaban J connectivity index is 3.51. The Morgan fingerprint density at radius 2 is 2.00 bits per heavy atom. The molecule has 0 aliphatic heterocycles. The van der Waals surface area contributed by atoms with Crippen LogP contribution in [0.2, 0.25) is 25.2 Å². The Hall–Kier alpha value is 0.247. The maximum absolute atomic E-state index is 5.67. The third-order valence-electron chi connectivity index (χ3n) is 1.80. The fourth-order valence-electron chi connectivity index (χ4n) is 0.874. The van der Waals surface area contributed by atoms with Crippen LogP contribution < -0.4 is 0 Å². The van der Waals surface area contributed by atoms with Crippen LogP contribution in [0, 0.1) is 0 Å². The van der Waals surface area contributed by atoms with Crippen LogP contribution in [0.4, 0.5) is 0 Å². The minimum Gasteiger partial charge on any atom is -0.127 e. The summed E-state index contributed by atoms with van der Waals surface area (Å²) >= 11 is 5.67. The Kier molecular flexibility index (Phi) is 5.09. The first-order valence-electron chi connectivity index (χ1n) is 3.79. The van der Waals surface area contributed by atoms with Gasteiger partial charge >= 0.3 is 0 Å². The molecule has 0 aliphatic rings. The van der Waals surface area contributed by atoms with Crippen LogP contribution >= 0.6 is 11.6 Å². The van der Waals surface area contributed by atoms with Gasteiger partial charge in [0.25, 0.3) is 0 Å². The van der Waals surface area contributed by atoms with Crippen LogP contribution in [-0.4, -0.2) is 14.0 Å². The molecular formula is C8H17ClSi. The van der Waals surface area contributed by atoms with Crippen molar-refractivity contribution in [2.45, 2.75) is 31.6 Å². The summed E-state index contributed by atoms with van der Waals surface area (Å²) in [6.45, 7) is 8.49. The Morgan fingerprint density at radius 1 is 1.40 bits per heavy atom. The van der Waals surface area contributed by atoms with Crippen molar-refractivity contribution >= 4 is 19.7 Å². The second-order valence-electron chi connectivity index (χ2n) is 3.43. The second-order valence-corrected chi connectivity index (χ2v) is 9.14. The zero-order chi connectivity index (χ0) is 8.04. The molecule has 0 aromatic heterocycles. The van der Waals surface area contributed by atoms with E-state index in [0.29, 0.717) is 0 Å². The van der Waals surface area contributed by atoms with Gasteiger partial charge in [-0.05, 0) is 12.5 Å². The molecule has 0 bridgehead atoms. The number of allylic oxidation sites excluding steroid dienone is 1. The molecule has 0 fully saturated rings. The van der Waals surface area contributed by atoms with Crippen molar-refractivity contribution in [3.05, 3.63) is 12.7 Å². The molecule has 0 heterocycles. The normalized spacial score (nSPS) is 11.5. The van der Waals surface area contributed by atoms with Gasteiger partial charge in [0.15, 0.2) is 0 Å². The van der Waals surface area contributed by atoms with Crippen molar-refractivity contribution < 1.29 is 0 Å². The van der Waals surface area contributed by atoms with Crippen LogP contribution in [-0.2, 0) is 0 Å². The molecule has 10 heavy (non-hydrogen) atoms. The highest BCUT2D eigenvalue weighted by atomic mass is 35.5. The highest BCUT2D eigenvalue weighted by molar-refractivity contribution is 6.77. The van der Waals surface area contributed by atoms with Crippen LogP contribution in [0.3, 0.4) is 0 Å². The van der Waals surface area contributed by atoms with Gasteiger partial charge in [0.05, 0.1) is 0 Å². The van der Waals surface area contributed by atoms with Gasteiger partial charge in [-0.25, -0.2) is 0 Å². The molecule has 2 heteroatoms. The molecule has 0 unspecified atom stereocenters. The van der Waals surface area contributed by atoms with Crippen LogP contribution in [0.1, 0.15) is 6.42 Å². The Labute approximate surface area is 70.3 Å². The molecule has 60 valence electrons. The summed E-state index contributed by atoms with van der Waals surface area (Å²) in [5, 5.41) is 0. The fourth-order valence-corrected chi connectivity index (χ4v) is 4.16. The van der Waals surface area contributed by atoms with Gasteiger partial charge in [-0.3, -0.25) is 0 Å². The number of halogens is 1. The lowest BCUT2D eigenvalue weighted by Gasteiger charge is -2.19. The third-order valence-corrected chi connectivity index (χ3v) is 5.55. The average Bonchev–Trinajstić information content (AvgIpc) is 1.84. The molecule has 0 rings (SSSR count). The molecule has 0 aromatic rings. The molecule has 0 atom stereocenters. The third kappa shape index (κ3) is 5.07. The molecule has 0 aliphatic carbocycles. The van der Waals surface area contributed by atoms with Crippen molar-refractivity contribution in [3.63, 3.8) is 0 Å². The summed E-state index contributed by atoms with van der Waals surface area (Å²) in [6.07, 6.45) is 3.17. The van der Waals surface area contributed by atoms with Gasteiger partial charge in [-0.15, -0.1) is 18.2 Å². The predicted octanol–water partition coefficient (Wildman–Crippen LogP) is 3.51. The van der Waals surface area contributed by atoms with E-state index < -0.39 is 8.07 Å². The number of rotatable bonds is 5. The zero-order valence-electron chi connectivity index (χ0n) is 6.99. The molecule has 0 saturated heterocycles. The number of hydrogen-bond acceptors (Lipinski definition) is 0. The molecule has 0 N–H and O–H groups in total. The lowest BCUT2D eigenvalue weighted by atomic mass is 10.5. The van der Waals surface area contributed by atoms with Gasteiger partial charge in [-0.2, -0.15) is 0 Å². The molecule has 0 nitrogen and oxygen atoms in total. The smallest absolute Gasteiger partial charge is 0.0488 e. The monoisotopic (exact) mass is 176 g/mol. The van der Waals surface area contributed by atoms with E-state index >= 15 is 0 Å². The van der Waals surface area contributed by atoms with Gasteiger partial charge in [-0.1, -0.05) is 25.2 Å². The summed E-state index contributed by atoms with van der Waals surface area (Å²) in [5.74, 6) is 0.830. The average molecular weight is 177 g/mol. The Morgan fingerprint density at radius 3 is 2.40 bits per heavy atom. The first-order valence-corrected chi connectivity index (χ1v) is 7.74. The molecule has 0 amide bonds. The van der Waals surface area contributed by atoms with E-state index in [1.54, 1.807) is 0 Å². The van der Waals surface area contributed by atoms with Crippen LogP contribution in [0.15, 0.2) is 12.7 Å². The van der Waals surface area contributed by atoms with E-state index in [4.69, 9.17) is 11.6 Å². The van der Waals surface area contributed by atoms with Gasteiger partial charge in [0, 0.05) is 14.0 Å². The lowest BCUT2D eigenvalue weighted by Crippen LogP contribution is -2.24. The fraction of sp³-hybridized carbons (Fsp3) is 0.750. The first-order chi connectivity index (χ1) is 4.62. The van der Waals surface area contributed by atoms with Crippen molar-refractivity contribution in [2.75, 3.05) is 5.88 Å². The molecule has 0 radical (unpaired) electrons. The maximum Gasteiger partial charge on any atom is 0.0488 e. The summed E-state index contributed by atoms with van der Waals surface area (Å²) in [5.41, 5.74) is 0.